The maximum atomic E-state index is 12.8. The van der Waals surface area contributed by atoms with Gasteiger partial charge in [-0.25, -0.2) is 4.39 Å². The number of aliphatic hydroxyl groups is 1. The number of aliphatic hydroxyl groups excluding tert-OH is 1. The first-order chi connectivity index (χ1) is 11.2. The molecule has 2 N–H and O–H groups in total. The summed E-state index contributed by atoms with van der Waals surface area (Å²) in [5.74, 6) is 0.330. The first-order valence-electron chi connectivity index (χ1n) is 7.51. The standard InChI is InChI=1S/C19H24FNO2/c1-3-4-11-21-14-17(13-16(2)15-22)6-5-12-23-19-9-7-18(20)8-10-19/h3,5-10,13,21-22H,1-2,4,11-12,14-15H2/b6-5-,17-13+. The normalized spacial score (nSPS) is 11.7. The van der Waals surface area contributed by atoms with Gasteiger partial charge >= 0.3 is 0 Å². The summed E-state index contributed by atoms with van der Waals surface area (Å²) in [5, 5.41) is 12.4. The number of rotatable bonds is 11. The van der Waals surface area contributed by atoms with Gasteiger partial charge in [0.1, 0.15) is 18.2 Å². The average Bonchev–Trinajstić information content (AvgIpc) is 2.56. The molecule has 23 heavy (non-hydrogen) atoms. The topological polar surface area (TPSA) is 41.5 Å². The van der Waals surface area contributed by atoms with Gasteiger partial charge in [-0.15, -0.1) is 6.58 Å². The summed E-state index contributed by atoms with van der Waals surface area (Å²) in [7, 11) is 0. The lowest BCUT2D eigenvalue weighted by Crippen LogP contribution is -2.17. The van der Waals surface area contributed by atoms with Crippen LogP contribution in [0.3, 0.4) is 0 Å². The third kappa shape index (κ3) is 8.76. The highest BCUT2D eigenvalue weighted by Gasteiger charge is 1.96. The van der Waals surface area contributed by atoms with E-state index in [2.05, 4.69) is 18.5 Å². The Bertz CT molecular complexity index is 547. The van der Waals surface area contributed by atoms with Gasteiger partial charge in [0.15, 0.2) is 0 Å². The van der Waals surface area contributed by atoms with Gasteiger partial charge in [0, 0.05) is 6.54 Å². The molecular formula is C19H24FNO2. The predicted molar refractivity (Wildman–Crippen MR) is 93.0 cm³/mol. The van der Waals surface area contributed by atoms with Gasteiger partial charge in [-0.3, -0.25) is 0 Å². The van der Waals surface area contributed by atoms with Crippen molar-refractivity contribution in [3.63, 3.8) is 0 Å². The van der Waals surface area contributed by atoms with Crippen LogP contribution in [0.4, 0.5) is 4.39 Å². The minimum Gasteiger partial charge on any atom is -0.490 e. The minimum atomic E-state index is -0.286. The second kappa shape index (κ2) is 11.4. The second-order valence-corrected chi connectivity index (χ2v) is 4.96. The van der Waals surface area contributed by atoms with Crippen molar-refractivity contribution in [2.75, 3.05) is 26.3 Å². The molecule has 0 aliphatic heterocycles. The van der Waals surface area contributed by atoms with Gasteiger partial charge in [0.2, 0.25) is 0 Å². The van der Waals surface area contributed by atoms with Crippen molar-refractivity contribution in [1.82, 2.24) is 5.32 Å². The van der Waals surface area contributed by atoms with Crippen LogP contribution in [0.2, 0.25) is 0 Å². The molecule has 1 aromatic rings. The number of halogens is 1. The van der Waals surface area contributed by atoms with E-state index in [9.17, 15) is 4.39 Å². The fourth-order valence-corrected chi connectivity index (χ4v) is 1.78. The lowest BCUT2D eigenvalue weighted by Gasteiger charge is -2.06. The molecule has 4 heteroatoms. The molecule has 0 bridgehead atoms. The van der Waals surface area contributed by atoms with Crippen LogP contribution < -0.4 is 10.1 Å². The molecule has 0 atom stereocenters. The van der Waals surface area contributed by atoms with E-state index in [-0.39, 0.29) is 12.4 Å². The summed E-state index contributed by atoms with van der Waals surface area (Å²) in [4.78, 5) is 0. The molecule has 0 spiro atoms. The van der Waals surface area contributed by atoms with Crippen LogP contribution in [-0.4, -0.2) is 31.4 Å². The van der Waals surface area contributed by atoms with Crippen LogP contribution in [0.1, 0.15) is 6.42 Å². The van der Waals surface area contributed by atoms with Crippen molar-refractivity contribution in [3.8, 4) is 5.75 Å². The SMILES string of the molecule is C=CCCNCC(/C=C\COc1ccc(F)cc1)=C/C(=C)CO. The molecule has 0 amide bonds. The van der Waals surface area contributed by atoms with E-state index in [0.29, 0.717) is 24.5 Å². The molecule has 0 aliphatic carbocycles. The van der Waals surface area contributed by atoms with Crippen molar-refractivity contribution in [2.45, 2.75) is 6.42 Å². The zero-order chi connectivity index (χ0) is 16.9. The molecule has 1 rings (SSSR count). The van der Waals surface area contributed by atoms with Crippen molar-refractivity contribution in [3.05, 3.63) is 78.7 Å². The quantitative estimate of drug-likeness (QED) is 0.373. The Labute approximate surface area is 137 Å². The lowest BCUT2D eigenvalue weighted by atomic mass is 10.1. The lowest BCUT2D eigenvalue weighted by molar-refractivity contribution is 0.335. The highest BCUT2D eigenvalue weighted by Crippen LogP contribution is 2.11. The minimum absolute atomic E-state index is 0.0733. The zero-order valence-corrected chi connectivity index (χ0v) is 13.3. The molecule has 124 valence electrons. The average molecular weight is 317 g/mol. The number of benzene rings is 1. The summed E-state index contributed by atoms with van der Waals surface area (Å²) < 4.78 is 18.3. The van der Waals surface area contributed by atoms with Crippen LogP contribution in [0.25, 0.3) is 0 Å². The summed E-state index contributed by atoms with van der Waals surface area (Å²) in [6, 6.07) is 5.90. The van der Waals surface area contributed by atoms with E-state index in [1.807, 2.05) is 24.3 Å². The first-order valence-corrected chi connectivity index (χ1v) is 7.51. The fourth-order valence-electron chi connectivity index (χ4n) is 1.78. The van der Waals surface area contributed by atoms with E-state index in [1.165, 1.54) is 12.1 Å². The van der Waals surface area contributed by atoms with E-state index in [0.717, 1.165) is 18.5 Å². The van der Waals surface area contributed by atoms with E-state index in [1.54, 1.807) is 12.1 Å². The second-order valence-electron chi connectivity index (χ2n) is 4.96. The van der Waals surface area contributed by atoms with Crippen molar-refractivity contribution < 1.29 is 14.2 Å². The molecule has 0 aliphatic rings. The molecule has 0 saturated carbocycles. The summed E-state index contributed by atoms with van der Waals surface area (Å²) in [6.07, 6.45) is 8.39. The van der Waals surface area contributed by atoms with Crippen molar-refractivity contribution in [1.29, 1.82) is 0 Å². The van der Waals surface area contributed by atoms with Gasteiger partial charge in [0.05, 0.1) is 6.61 Å². The Morgan fingerprint density at radius 1 is 1.30 bits per heavy atom. The molecule has 1 aromatic carbocycles. The van der Waals surface area contributed by atoms with E-state index in [4.69, 9.17) is 9.84 Å². The summed E-state index contributed by atoms with van der Waals surface area (Å²) >= 11 is 0. The van der Waals surface area contributed by atoms with Gasteiger partial charge in [-0.1, -0.05) is 24.8 Å². The number of ether oxygens (including phenoxy) is 1. The molecule has 0 unspecified atom stereocenters. The van der Waals surface area contributed by atoms with Crippen LogP contribution >= 0.6 is 0 Å². The van der Waals surface area contributed by atoms with Gasteiger partial charge < -0.3 is 15.2 Å². The van der Waals surface area contributed by atoms with Crippen LogP contribution in [0.15, 0.2) is 72.9 Å². The Morgan fingerprint density at radius 3 is 2.70 bits per heavy atom. The zero-order valence-electron chi connectivity index (χ0n) is 13.3. The maximum absolute atomic E-state index is 12.8. The van der Waals surface area contributed by atoms with E-state index < -0.39 is 0 Å². The van der Waals surface area contributed by atoms with Crippen LogP contribution in [0, 0.1) is 5.82 Å². The smallest absolute Gasteiger partial charge is 0.123 e. The molecular weight excluding hydrogens is 293 g/mol. The van der Waals surface area contributed by atoms with Gasteiger partial charge in [-0.2, -0.15) is 0 Å². The molecule has 3 nitrogen and oxygen atoms in total. The highest BCUT2D eigenvalue weighted by molar-refractivity contribution is 5.30. The van der Waals surface area contributed by atoms with Crippen molar-refractivity contribution >= 4 is 0 Å². The Morgan fingerprint density at radius 2 is 2.04 bits per heavy atom. The number of hydrogen-bond donors (Lipinski definition) is 2. The Kier molecular flexibility index (Phi) is 9.36. The number of nitrogens with one attached hydrogen (secondary N) is 1. The van der Waals surface area contributed by atoms with Gasteiger partial charge in [0.25, 0.3) is 0 Å². The summed E-state index contributed by atoms with van der Waals surface area (Å²) in [5.41, 5.74) is 1.64. The first kappa shape index (κ1) is 18.9. The Hall–Kier alpha value is -2.17. The summed E-state index contributed by atoms with van der Waals surface area (Å²) in [6.45, 7) is 9.26. The van der Waals surface area contributed by atoms with Gasteiger partial charge in [-0.05, 0) is 54.5 Å². The monoisotopic (exact) mass is 317 g/mol. The van der Waals surface area contributed by atoms with Crippen LogP contribution in [0.5, 0.6) is 5.75 Å². The molecule has 0 saturated heterocycles. The molecule has 0 heterocycles. The molecule has 0 radical (unpaired) electrons. The van der Waals surface area contributed by atoms with E-state index >= 15 is 0 Å². The molecule has 0 fully saturated rings. The highest BCUT2D eigenvalue weighted by atomic mass is 19.1. The predicted octanol–water partition coefficient (Wildman–Crippen LogP) is 3.40. The Balaban J connectivity index is 2.50. The van der Waals surface area contributed by atoms with Crippen LogP contribution in [-0.2, 0) is 0 Å². The fraction of sp³-hybridized carbons (Fsp3) is 0.263. The maximum Gasteiger partial charge on any atom is 0.123 e. The van der Waals surface area contributed by atoms with Crippen molar-refractivity contribution in [2.24, 2.45) is 0 Å². The molecule has 0 aromatic heterocycles. The third-order valence-corrected chi connectivity index (χ3v) is 2.94. The number of hydrogen-bond acceptors (Lipinski definition) is 3. The largest absolute Gasteiger partial charge is 0.490 e. The third-order valence-electron chi connectivity index (χ3n) is 2.94.